The number of carbonyl (C=O) groups is 1. The third kappa shape index (κ3) is 2.15. The Labute approximate surface area is 122 Å². The molecule has 3 rings (SSSR count). The summed E-state index contributed by atoms with van der Waals surface area (Å²) < 4.78 is 0.940. The van der Waals surface area contributed by atoms with E-state index in [1.807, 2.05) is 24.3 Å². The predicted octanol–water partition coefficient (Wildman–Crippen LogP) is 3.87. The van der Waals surface area contributed by atoms with Crippen molar-refractivity contribution in [1.29, 1.82) is 0 Å². The Morgan fingerprint density at radius 3 is 2.63 bits per heavy atom. The quantitative estimate of drug-likeness (QED) is 0.724. The first-order valence-electron chi connectivity index (χ1n) is 5.60. The molecular formula is C14H9BrN2OS. The highest BCUT2D eigenvalue weighted by molar-refractivity contribution is 9.10. The molecule has 1 aromatic carbocycles. The second-order valence-corrected chi connectivity index (χ2v) is 5.95. The molecule has 0 aliphatic heterocycles. The van der Waals surface area contributed by atoms with Gasteiger partial charge in [0.15, 0.2) is 0 Å². The number of benzene rings is 1. The molecule has 0 spiro atoms. The number of nitrogens with two attached hydrogens (primary N) is 1. The van der Waals surface area contributed by atoms with Crippen LogP contribution in [0.4, 0.5) is 5.69 Å². The average Bonchev–Trinajstić information content (AvgIpc) is 2.77. The molecule has 0 amide bonds. The van der Waals surface area contributed by atoms with Crippen molar-refractivity contribution in [3.05, 3.63) is 57.5 Å². The molecule has 0 aliphatic rings. The fourth-order valence-corrected chi connectivity index (χ4v) is 3.14. The van der Waals surface area contributed by atoms with E-state index in [0.717, 1.165) is 14.7 Å². The van der Waals surface area contributed by atoms with Crippen molar-refractivity contribution in [2.45, 2.75) is 0 Å². The molecule has 0 fully saturated rings. The topological polar surface area (TPSA) is 56.0 Å². The molecule has 0 saturated heterocycles. The molecule has 0 aliphatic carbocycles. The number of nitrogen functional groups attached to an aromatic ring is 1. The highest BCUT2D eigenvalue weighted by atomic mass is 79.9. The van der Waals surface area contributed by atoms with E-state index >= 15 is 0 Å². The lowest BCUT2D eigenvalue weighted by Crippen LogP contribution is -2.01. The molecule has 2 N–H and O–H groups in total. The summed E-state index contributed by atoms with van der Waals surface area (Å²) in [5.74, 6) is -0.0620. The Kier molecular flexibility index (Phi) is 3.08. The molecule has 0 radical (unpaired) electrons. The Hall–Kier alpha value is -1.72. The van der Waals surface area contributed by atoms with Gasteiger partial charge in [0.1, 0.15) is 9.71 Å². The maximum Gasteiger partial charge on any atom is 0.205 e. The lowest BCUT2D eigenvalue weighted by molar-refractivity contribution is 0.104. The van der Waals surface area contributed by atoms with Crippen LogP contribution in [0.1, 0.15) is 15.2 Å². The summed E-state index contributed by atoms with van der Waals surface area (Å²) in [4.78, 5) is 18.0. The molecule has 5 heteroatoms. The van der Waals surface area contributed by atoms with Gasteiger partial charge in [0.05, 0.1) is 5.69 Å². The van der Waals surface area contributed by atoms with E-state index < -0.39 is 0 Å². The fraction of sp³-hybridized carbons (Fsp3) is 0. The van der Waals surface area contributed by atoms with Crippen LogP contribution in [0.2, 0.25) is 0 Å². The average molecular weight is 333 g/mol. The SMILES string of the molecule is Nc1c(C(=O)c2ccc(Br)cc2)sc2ncccc12. The maximum absolute atomic E-state index is 12.4. The molecule has 3 aromatic rings. The molecule has 3 nitrogen and oxygen atoms in total. The third-order valence-electron chi connectivity index (χ3n) is 2.82. The zero-order chi connectivity index (χ0) is 13.4. The standard InChI is InChI=1S/C14H9BrN2OS/c15-9-5-3-8(4-6-9)12(18)13-11(16)10-2-1-7-17-14(10)19-13/h1-7H,16H2. The van der Waals surface area contributed by atoms with E-state index in [2.05, 4.69) is 20.9 Å². The van der Waals surface area contributed by atoms with Gasteiger partial charge in [-0.05, 0) is 36.4 Å². The first-order valence-corrected chi connectivity index (χ1v) is 7.21. The molecule has 94 valence electrons. The van der Waals surface area contributed by atoms with Crippen molar-refractivity contribution >= 4 is 49.0 Å². The molecule has 0 saturated carbocycles. The number of halogens is 1. The summed E-state index contributed by atoms with van der Waals surface area (Å²) in [5, 5.41) is 0.841. The monoisotopic (exact) mass is 332 g/mol. The summed E-state index contributed by atoms with van der Waals surface area (Å²) in [6.07, 6.45) is 1.70. The smallest absolute Gasteiger partial charge is 0.205 e. The van der Waals surface area contributed by atoms with Crippen molar-refractivity contribution in [3.8, 4) is 0 Å². The van der Waals surface area contributed by atoms with Crippen molar-refractivity contribution in [3.63, 3.8) is 0 Å². The van der Waals surface area contributed by atoms with E-state index in [4.69, 9.17) is 5.73 Å². The van der Waals surface area contributed by atoms with Gasteiger partial charge in [0.2, 0.25) is 5.78 Å². The normalized spacial score (nSPS) is 10.8. The summed E-state index contributed by atoms with van der Waals surface area (Å²) in [6.45, 7) is 0. The fourth-order valence-electron chi connectivity index (χ4n) is 1.85. The van der Waals surface area contributed by atoms with Gasteiger partial charge in [-0.2, -0.15) is 0 Å². The number of ketones is 1. The van der Waals surface area contributed by atoms with Gasteiger partial charge in [0.25, 0.3) is 0 Å². The number of pyridine rings is 1. The first kappa shape index (κ1) is 12.3. The molecule has 19 heavy (non-hydrogen) atoms. The highest BCUT2D eigenvalue weighted by Crippen LogP contribution is 2.33. The summed E-state index contributed by atoms with van der Waals surface area (Å²) in [6, 6.07) is 10.9. The number of rotatable bonds is 2. The minimum absolute atomic E-state index is 0.0620. The second-order valence-electron chi connectivity index (χ2n) is 4.04. The van der Waals surface area contributed by atoms with Gasteiger partial charge >= 0.3 is 0 Å². The summed E-state index contributed by atoms with van der Waals surface area (Å²) in [5.41, 5.74) is 7.19. The van der Waals surface area contributed by atoms with E-state index in [1.165, 1.54) is 11.3 Å². The van der Waals surface area contributed by atoms with Crippen LogP contribution < -0.4 is 5.73 Å². The minimum atomic E-state index is -0.0620. The zero-order valence-electron chi connectivity index (χ0n) is 9.76. The summed E-state index contributed by atoms with van der Waals surface area (Å²) >= 11 is 4.68. The van der Waals surface area contributed by atoms with Gasteiger partial charge in [-0.1, -0.05) is 15.9 Å². The van der Waals surface area contributed by atoms with Crippen molar-refractivity contribution in [2.75, 3.05) is 5.73 Å². The lowest BCUT2D eigenvalue weighted by Gasteiger charge is -2.00. The first-order chi connectivity index (χ1) is 9.16. The van der Waals surface area contributed by atoms with Crippen LogP contribution in [0.25, 0.3) is 10.2 Å². The molecule has 2 heterocycles. The Morgan fingerprint density at radius 2 is 1.95 bits per heavy atom. The van der Waals surface area contributed by atoms with Crippen LogP contribution in [-0.2, 0) is 0 Å². The Bertz CT molecular complexity index is 765. The number of carbonyl (C=O) groups excluding carboxylic acids is 1. The molecule has 0 bridgehead atoms. The minimum Gasteiger partial charge on any atom is -0.397 e. The number of hydrogen-bond acceptors (Lipinski definition) is 4. The van der Waals surface area contributed by atoms with Gasteiger partial charge in [-0.25, -0.2) is 4.98 Å². The maximum atomic E-state index is 12.4. The lowest BCUT2D eigenvalue weighted by atomic mass is 10.1. The second kappa shape index (κ2) is 4.75. The van der Waals surface area contributed by atoms with Crippen molar-refractivity contribution in [2.24, 2.45) is 0 Å². The van der Waals surface area contributed by atoms with Gasteiger partial charge in [-0.15, -0.1) is 11.3 Å². The number of thiophene rings is 1. The predicted molar refractivity (Wildman–Crippen MR) is 81.6 cm³/mol. The third-order valence-corrected chi connectivity index (χ3v) is 4.47. The van der Waals surface area contributed by atoms with E-state index in [-0.39, 0.29) is 5.78 Å². The Morgan fingerprint density at radius 1 is 1.21 bits per heavy atom. The van der Waals surface area contributed by atoms with Crippen LogP contribution in [-0.4, -0.2) is 10.8 Å². The highest BCUT2D eigenvalue weighted by Gasteiger charge is 2.18. The number of aromatic nitrogens is 1. The van der Waals surface area contributed by atoms with Crippen LogP contribution in [0.5, 0.6) is 0 Å². The van der Waals surface area contributed by atoms with E-state index in [0.29, 0.717) is 16.1 Å². The van der Waals surface area contributed by atoms with Gasteiger partial charge in [-0.3, -0.25) is 4.79 Å². The Balaban J connectivity index is 2.11. The van der Waals surface area contributed by atoms with Gasteiger partial charge < -0.3 is 5.73 Å². The number of anilines is 1. The molecular weight excluding hydrogens is 324 g/mol. The number of fused-ring (bicyclic) bond motifs is 1. The van der Waals surface area contributed by atoms with Crippen LogP contribution in [0.3, 0.4) is 0 Å². The van der Waals surface area contributed by atoms with Crippen molar-refractivity contribution in [1.82, 2.24) is 4.98 Å². The van der Waals surface area contributed by atoms with E-state index in [9.17, 15) is 4.79 Å². The largest absolute Gasteiger partial charge is 0.397 e. The number of nitrogens with zero attached hydrogens (tertiary/aromatic N) is 1. The number of hydrogen-bond donors (Lipinski definition) is 1. The van der Waals surface area contributed by atoms with Crippen LogP contribution in [0, 0.1) is 0 Å². The molecule has 0 unspecified atom stereocenters. The zero-order valence-corrected chi connectivity index (χ0v) is 12.2. The van der Waals surface area contributed by atoms with Crippen LogP contribution in [0.15, 0.2) is 47.1 Å². The molecule has 2 aromatic heterocycles. The van der Waals surface area contributed by atoms with Crippen LogP contribution >= 0.6 is 27.3 Å². The van der Waals surface area contributed by atoms with E-state index in [1.54, 1.807) is 18.3 Å². The van der Waals surface area contributed by atoms with Crippen molar-refractivity contribution < 1.29 is 4.79 Å². The van der Waals surface area contributed by atoms with Gasteiger partial charge in [0, 0.05) is 21.6 Å². The summed E-state index contributed by atoms with van der Waals surface area (Å²) in [7, 11) is 0. The molecule has 0 atom stereocenters.